The summed E-state index contributed by atoms with van der Waals surface area (Å²) in [5.74, 6) is -1.54. The van der Waals surface area contributed by atoms with Gasteiger partial charge in [0.1, 0.15) is 12.2 Å². The van der Waals surface area contributed by atoms with Gasteiger partial charge in [-0.25, -0.2) is 4.99 Å². The molecule has 0 aromatic carbocycles. The van der Waals surface area contributed by atoms with Crippen molar-refractivity contribution in [2.24, 2.45) is 4.99 Å². The van der Waals surface area contributed by atoms with E-state index in [2.05, 4.69) is 10.3 Å². The van der Waals surface area contributed by atoms with E-state index in [9.17, 15) is 9.59 Å². The summed E-state index contributed by atoms with van der Waals surface area (Å²) in [4.78, 5) is 26.3. The molecule has 1 rings (SSSR count). The van der Waals surface area contributed by atoms with Gasteiger partial charge in [0.05, 0.1) is 0 Å². The van der Waals surface area contributed by atoms with Gasteiger partial charge < -0.3 is 10.4 Å². The molecule has 1 aliphatic rings. The molecular weight excluding hydrogens is 232 g/mol. The number of carbonyl (C=O) groups excluding carboxylic acids is 1. The van der Waals surface area contributed by atoms with Crippen LogP contribution in [0.5, 0.6) is 0 Å². The zero-order chi connectivity index (χ0) is 13.4. The monoisotopic (exact) mass is 248 g/mol. The number of hydrogen-bond acceptors (Lipinski definition) is 3. The Morgan fingerprint density at radius 3 is 2.83 bits per heavy atom. The molecule has 0 aliphatic heterocycles. The van der Waals surface area contributed by atoms with E-state index in [0.29, 0.717) is 12.8 Å². The first-order chi connectivity index (χ1) is 8.63. The number of nitrogens with zero attached hydrogens (tertiary/aromatic N) is 1. The van der Waals surface area contributed by atoms with Crippen molar-refractivity contribution < 1.29 is 14.7 Å². The lowest BCUT2D eigenvalue weighted by Crippen LogP contribution is -2.30. The Kier molecular flexibility index (Phi) is 5.57. The number of hydrogen-bond donors (Lipinski definition) is 2. The summed E-state index contributed by atoms with van der Waals surface area (Å²) in [6.45, 7) is 1.49. The first-order valence-electron chi connectivity index (χ1n) is 5.74. The molecule has 0 aromatic rings. The van der Waals surface area contributed by atoms with Gasteiger partial charge in [-0.3, -0.25) is 9.59 Å². The SMILES string of the molecule is CC/C=C(\N=C1C=CC=CC1)C(=O)NCC(=O)O. The summed E-state index contributed by atoms with van der Waals surface area (Å²) in [5.41, 5.74) is 1.04. The molecule has 0 spiro atoms. The summed E-state index contributed by atoms with van der Waals surface area (Å²) < 4.78 is 0. The number of carboxylic acids is 1. The highest BCUT2D eigenvalue weighted by atomic mass is 16.4. The lowest BCUT2D eigenvalue weighted by molar-refractivity contribution is -0.137. The fraction of sp³-hybridized carbons (Fsp3) is 0.308. The number of allylic oxidation sites excluding steroid dienone is 5. The number of aliphatic imine (C=N–C) groups is 1. The van der Waals surface area contributed by atoms with Crippen molar-refractivity contribution in [2.45, 2.75) is 19.8 Å². The van der Waals surface area contributed by atoms with E-state index >= 15 is 0 Å². The van der Waals surface area contributed by atoms with E-state index in [-0.39, 0.29) is 5.70 Å². The standard InChI is InChI=1S/C13H16N2O3/c1-2-6-11(13(18)14-9-12(16)17)15-10-7-4-3-5-8-10/h3-7H,2,8-9H2,1H3,(H,14,18)(H,16,17)/b11-6-,15-10?. The molecule has 18 heavy (non-hydrogen) atoms. The van der Waals surface area contributed by atoms with Crippen LogP contribution in [0, 0.1) is 0 Å². The van der Waals surface area contributed by atoms with Crippen LogP contribution in [0.1, 0.15) is 19.8 Å². The average Bonchev–Trinajstić information content (AvgIpc) is 2.36. The summed E-state index contributed by atoms with van der Waals surface area (Å²) in [6.07, 6.45) is 10.5. The Bertz CT molecular complexity index is 445. The van der Waals surface area contributed by atoms with Crippen molar-refractivity contribution in [3.05, 3.63) is 36.1 Å². The zero-order valence-electron chi connectivity index (χ0n) is 10.2. The van der Waals surface area contributed by atoms with Crippen molar-refractivity contribution in [1.29, 1.82) is 0 Å². The highest BCUT2D eigenvalue weighted by Crippen LogP contribution is 2.06. The van der Waals surface area contributed by atoms with Gasteiger partial charge in [-0.05, 0) is 12.5 Å². The number of carboxylic acid groups (broad SMARTS) is 1. The highest BCUT2D eigenvalue weighted by Gasteiger charge is 2.10. The van der Waals surface area contributed by atoms with Gasteiger partial charge in [0.25, 0.3) is 5.91 Å². The largest absolute Gasteiger partial charge is 0.480 e. The molecule has 1 aliphatic carbocycles. The third-order valence-corrected chi connectivity index (χ3v) is 2.16. The van der Waals surface area contributed by atoms with Gasteiger partial charge in [0.15, 0.2) is 0 Å². The maximum Gasteiger partial charge on any atom is 0.322 e. The zero-order valence-corrected chi connectivity index (χ0v) is 10.2. The van der Waals surface area contributed by atoms with Crippen molar-refractivity contribution in [3.8, 4) is 0 Å². The van der Waals surface area contributed by atoms with E-state index in [1.165, 1.54) is 0 Å². The van der Waals surface area contributed by atoms with Gasteiger partial charge >= 0.3 is 5.97 Å². The van der Waals surface area contributed by atoms with Crippen molar-refractivity contribution in [1.82, 2.24) is 5.32 Å². The van der Waals surface area contributed by atoms with Crippen molar-refractivity contribution in [2.75, 3.05) is 6.54 Å². The van der Waals surface area contributed by atoms with Crippen LogP contribution < -0.4 is 5.32 Å². The Labute approximate surface area is 106 Å². The van der Waals surface area contributed by atoms with Gasteiger partial charge in [-0.1, -0.05) is 31.2 Å². The molecule has 0 saturated carbocycles. The minimum atomic E-state index is -1.08. The molecule has 0 unspecified atom stereocenters. The van der Waals surface area contributed by atoms with Crippen molar-refractivity contribution in [3.63, 3.8) is 0 Å². The van der Waals surface area contributed by atoms with Gasteiger partial charge in [0, 0.05) is 12.1 Å². The normalized spacial score (nSPS) is 16.9. The topological polar surface area (TPSA) is 78.8 Å². The Morgan fingerprint density at radius 2 is 2.28 bits per heavy atom. The van der Waals surface area contributed by atoms with Crippen LogP contribution in [0.25, 0.3) is 0 Å². The second kappa shape index (κ2) is 7.21. The summed E-state index contributed by atoms with van der Waals surface area (Å²) in [5, 5.41) is 10.8. The molecule has 5 heteroatoms. The van der Waals surface area contributed by atoms with E-state index in [1.54, 1.807) is 6.08 Å². The van der Waals surface area contributed by atoms with Gasteiger partial charge in [-0.15, -0.1) is 0 Å². The first-order valence-corrected chi connectivity index (χ1v) is 5.74. The number of rotatable bonds is 5. The van der Waals surface area contributed by atoms with Crippen molar-refractivity contribution >= 4 is 17.6 Å². The number of nitrogens with one attached hydrogen (secondary N) is 1. The minimum Gasteiger partial charge on any atom is -0.480 e. The van der Waals surface area contributed by atoms with Crippen LogP contribution in [0.2, 0.25) is 0 Å². The molecule has 96 valence electrons. The Balaban J connectivity index is 2.74. The molecule has 0 fully saturated rings. The predicted molar refractivity (Wildman–Crippen MR) is 69.4 cm³/mol. The van der Waals surface area contributed by atoms with Crippen LogP contribution >= 0.6 is 0 Å². The maximum atomic E-state index is 11.7. The van der Waals surface area contributed by atoms with E-state index in [4.69, 9.17) is 5.11 Å². The lowest BCUT2D eigenvalue weighted by Gasteiger charge is -2.06. The van der Waals surface area contributed by atoms with Gasteiger partial charge in [-0.2, -0.15) is 0 Å². The molecule has 0 atom stereocenters. The average molecular weight is 248 g/mol. The third kappa shape index (κ3) is 4.78. The summed E-state index contributed by atoms with van der Waals surface area (Å²) in [7, 11) is 0. The maximum absolute atomic E-state index is 11.7. The summed E-state index contributed by atoms with van der Waals surface area (Å²) in [6, 6.07) is 0. The van der Waals surface area contributed by atoms with E-state index in [1.807, 2.05) is 31.2 Å². The van der Waals surface area contributed by atoms with Crippen LogP contribution in [0.3, 0.4) is 0 Å². The van der Waals surface area contributed by atoms with E-state index in [0.717, 1.165) is 5.71 Å². The Morgan fingerprint density at radius 1 is 1.50 bits per heavy atom. The number of aliphatic carboxylic acids is 1. The smallest absolute Gasteiger partial charge is 0.322 e. The third-order valence-electron chi connectivity index (χ3n) is 2.16. The van der Waals surface area contributed by atoms with E-state index < -0.39 is 18.4 Å². The van der Waals surface area contributed by atoms with Crippen LogP contribution in [-0.4, -0.2) is 29.2 Å². The fourth-order valence-electron chi connectivity index (χ4n) is 1.37. The molecule has 0 bridgehead atoms. The lowest BCUT2D eigenvalue weighted by atomic mass is 10.1. The quantitative estimate of drug-likeness (QED) is 0.722. The molecule has 2 N–H and O–H groups in total. The number of carbonyl (C=O) groups is 2. The minimum absolute atomic E-state index is 0.258. The molecule has 0 radical (unpaired) electrons. The highest BCUT2D eigenvalue weighted by molar-refractivity contribution is 6.03. The molecular formula is C13H16N2O3. The molecule has 0 aromatic heterocycles. The second-order valence-electron chi connectivity index (χ2n) is 3.67. The Hall–Kier alpha value is -2.17. The molecule has 1 amide bonds. The molecule has 0 saturated heterocycles. The van der Waals surface area contributed by atoms with Crippen LogP contribution in [0.4, 0.5) is 0 Å². The van der Waals surface area contributed by atoms with Crippen LogP contribution in [-0.2, 0) is 9.59 Å². The van der Waals surface area contributed by atoms with Gasteiger partial charge in [0.2, 0.25) is 0 Å². The predicted octanol–water partition coefficient (Wildman–Crippen LogP) is 1.44. The van der Waals surface area contributed by atoms with Crippen LogP contribution in [0.15, 0.2) is 41.1 Å². The fourth-order valence-corrected chi connectivity index (χ4v) is 1.37. The molecule has 0 heterocycles. The summed E-state index contributed by atoms with van der Waals surface area (Å²) >= 11 is 0. The number of amides is 1. The molecule has 5 nitrogen and oxygen atoms in total. The second-order valence-corrected chi connectivity index (χ2v) is 3.67. The first kappa shape index (κ1) is 13.9.